The lowest BCUT2D eigenvalue weighted by Crippen LogP contribution is -2.51. The van der Waals surface area contributed by atoms with Gasteiger partial charge in [0.2, 0.25) is 0 Å². The average molecular weight is 263 g/mol. The molecule has 0 radical (unpaired) electrons. The fraction of sp³-hybridized carbons (Fsp3) is 0.750. The van der Waals surface area contributed by atoms with Crippen LogP contribution in [0, 0.1) is 17.3 Å². The van der Waals surface area contributed by atoms with Crippen molar-refractivity contribution in [1.82, 2.24) is 0 Å². The third-order valence-electron chi connectivity index (χ3n) is 4.16. The van der Waals surface area contributed by atoms with Crippen LogP contribution in [-0.2, 0) is 4.79 Å². The lowest BCUT2D eigenvalue weighted by Gasteiger charge is -2.51. The van der Waals surface area contributed by atoms with Crippen LogP contribution in [0.3, 0.4) is 0 Å². The van der Waals surface area contributed by atoms with Gasteiger partial charge in [-0.25, -0.2) is 0 Å². The van der Waals surface area contributed by atoms with E-state index in [-0.39, 0.29) is 24.8 Å². The predicted molar refractivity (Wildman–Crippen MR) is 58.7 cm³/mol. The molecule has 0 unspecified atom stereocenters. The maximum absolute atomic E-state index is 12.3. The molecule has 0 heterocycles. The summed E-state index contributed by atoms with van der Waals surface area (Å²) in [6.07, 6.45) is -2.44. The molecule has 102 valence electrons. The molecule has 2 aliphatic rings. The van der Waals surface area contributed by atoms with E-state index in [9.17, 15) is 18.0 Å². The first-order chi connectivity index (χ1) is 8.26. The molecule has 0 aliphatic heterocycles. The smallest absolute Gasteiger partial charge is 0.392 e. The SMILES string of the molecule is NC[C@]1(CC(=O)O)C[C@H]2CC(CC(F)(F)F)=C[C@H]21. The number of halogens is 3. The summed E-state index contributed by atoms with van der Waals surface area (Å²) in [6, 6.07) is 0. The monoisotopic (exact) mass is 263 g/mol. The molecule has 0 amide bonds. The molecule has 3 N–H and O–H groups in total. The van der Waals surface area contributed by atoms with Gasteiger partial charge in [0.25, 0.3) is 0 Å². The zero-order chi connectivity index (χ0) is 13.6. The second kappa shape index (κ2) is 4.26. The number of aliphatic carboxylic acids is 1. The first-order valence-corrected chi connectivity index (χ1v) is 5.94. The van der Waals surface area contributed by atoms with Gasteiger partial charge >= 0.3 is 12.1 Å². The zero-order valence-corrected chi connectivity index (χ0v) is 9.83. The van der Waals surface area contributed by atoms with Crippen molar-refractivity contribution >= 4 is 5.97 Å². The molecule has 0 spiro atoms. The first-order valence-electron chi connectivity index (χ1n) is 5.94. The predicted octanol–water partition coefficient (Wildman–Crippen LogP) is 2.32. The van der Waals surface area contributed by atoms with Gasteiger partial charge in [0, 0.05) is 0 Å². The Labute approximate surface area is 103 Å². The Morgan fingerprint density at radius 3 is 2.72 bits per heavy atom. The second-order valence-corrected chi connectivity index (χ2v) is 5.45. The highest BCUT2D eigenvalue weighted by Gasteiger charge is 2.55. The summed E-state index contributed by atoms with van der Waals surface area (Å²) in [4.78, 5) is 10.8. The van der Waals surface area contributed by atoms with Gasteiger partial charge < -0.3 is 10.8 Å². The van der Waals surface area contributed by atoms with Crippen molar-refractivity contribution in [3.63, 3.8) is 0 Å². The maximum Gasteiger partial charge on any atom is 0.392 e. The lowest BCUT2D eigenvalue weighted by molar-refractivity contribution is -0.144. The Bertz CT molecular complexity index is 391. The molecule has 2 rings (SSSR count). The molecule has 0 saturated heterocycles. The van der Waals surface area contributed by atoms with Gasteiger partial charge in [-0.1, -0.05) is 11.6 Å². The van der Waals surface area contributed by atoms with Crippen molar-refractivity contribution in [2.24, 2.45) is 23.0 Å². The minimum atomic E-state index is -4.19. The highest BCUT2D eigenvalue weighted by Crippen LogP contribution is 2.60. The van der Waals surface area contributed by atoms with E-state index in [0.29, 0.717) is 18.4 Å². The summed E-state index contributed by atoms with van der Waals surface area (Å²) in [5, 5.41) is 8.86. The van der Waals surface area contributed by atoms with E-state index in [1.165, 1.54) is 0 Å². The molecule has 3 atom stereocenters. The first kappa shape index (κ1) is 13.4. The van der Waals surface area contributed by atoms with E-state index in [1.54, 1.807) is 6.08 Å². The summed E-state index contributed by atoms with van der Waals surface area (Å²) in [6.45, 7) is 0.219. The van der Waals surface area contributed by atoms with Crippen molar-refractivity contribution in [3.05, 3.63) is 11.6 Å². The molecule has 0 aromatic heterocycles. The van der Waals surface area contributed by atoms with Crippen LogP contribution < -0.4 is 5.73 Å². The highest BCUT2D eigenvalue weighted by molar-refractivity contribution is 5.68. The molecule has 2 aliphatic carbocycles. The molecule has 0 aromatic carbocycles. The maximum atomic E-state index is 12.3. The van der Waals surface area contributed by atoms with Gasteiger partial charge in [-0.3, -0.25) is 4.79 Å². The number of hydrogen-bond donors (Lipinski definition) is 2. The Morgan fingerprint density at radius 2 is 2.22 bits per heavy atom. The van der Waals surface area contributed by atoms with Crippen molar-refractivity contribution in [1.29, 1.82) is 0 Å². The van der Waals surface area contributed by atoms with Crippen molar-refractivity contribution in [2.45, 2.75) is 31.9 Å². The standard InChI is InChI=1S/C12H16F3NO2/c13-12(14,15)3-7-1-8-4-11(6-16,5-10(17)18)9(8)2-7/h2,8-9H,1,3-6,16H2,(H,17,18)/t8-,9-,11-/m1/s1. The van der Waals surface area contributed by atoms with Crippen LogP contribution in [0.1, 0.15) is 25.7 Å². The minimum Gasteiger partial charge on any atom is -0.481 e. The fourth-order valence-electron chi connectivity index (χ4n) is 3.47. The number of rotatable bonds is 4. The molecular weight excluding hydrogens is 247 g/mol. The fourth-order valence-corrected chi connectivity index (χ4v) is 3.47. The second-order valence-electron chi connectivity index (χ2n) is 5.45. The highest BCUT2D eigenvalue weighted by atomic mass is 19.4. The molecule has 1 fully saturated rings. The Hall–Kier alpha value is -1.04. The van der Waals surface area contributed by atoms with Gasteiger partial charge in [-0.15, -0.1) is 0 Å². The molecule has 3 nitrogen and oxygen atoms in total. The number of carbonyl (C=O) groups is 1. The number of hydrogen-bond acceptors (Lipinski definition) is 2. The van der Waals surface area contributed by atoms with E-state index in [2.05, 4.69) is 0 Å². The van der Waals surface area contributed by atoms with Crippen LogP contribution in [-0.4, -0.2) is 23.8 Å². The number of carboxylic acid groups (broad SMARTS) is 1. The minimum absolute atomic E-state index is 0.0551. The average Bonchev–Trinajstić information content (AvgIpc) is 2.51. The summed E-state index contributed by atoms with van der Waals surface area (Å²) in [5.41, 5.74) is 5.49. The van der Waals surface area contributed by atoms with Gasteiger partial charge in [-0.2, -0.15) is 13.2 Å². The van der Waals surface area contributed by atoms with Gasteiger partial charge in [0.15, 0.2) is 0 Å². The largest absolute Gasteiger partial charge is 0.481 e. The van der Waals surface area contributed by atoms with Crippen LogP contribution in [0.5, 0.6) is 0 Å². The van der Waals surface area contributed by atoms with Crippen LogP contribution in [0.15, 0.2) is 11.6 Å². The van der Waals surface area contributed by atoms with Gasteiger partial charge in [-0.05, 0) is 36.6 Å². The van der Waals surface area contributed by atoms with E-state index in [1.807, 2.05) is 0 Å². The van der Waals surface area contributed by atoms with Crippen LogP contribution in [0.25, 0.3) is 0 Å². The number of allylic oxidation sites excluding steroid dienone is 2. The Kier molecular flexibility index (Phi) is 3.17. The Balaban J connectivity index is 2.08. The van der Waals surface area contributed by atoms with E-state index >= 15 is 0 Å². The molecule has 0 bridgehead atoms. The van der Waals surface area contributed by atoms with Crippen LogP contribution in [0.2, 0.25) is 0 Å². The van der Waals surface area contributed by atoms with E-state index in [0.717, 1.165) is 0 Å². The number of carboxylic acids is 1. The summed E-state index contributed by atoms with van der Waals surface area (Å²) in [7, 11) is 0. The van der Waals surface area contributed by atoms with Crippen molar-refractivity contribution in [2.75, 3.05) is 6.54 Å². The lowest BCUT2D eigenvalue weighted by atomic mass is 9.53. The third kappa shape index (κ3) is 2.39. The number of nitrogens with two attached hydrogens (primary N) is 1. The summed E-state index contributed by atoms with van der Waals surface area (Å²) >= 11 is 0. The topological polar surface area (TPSA) is 63.3 Å². The molecular formula is C12H16F3NO2. The van der Waals surface area contributed by atoms with Gasteiger partial charge in [0.05, 0.1) is 12.8 Å². The quantitative estimate of drug-likeness (QED) is 0.765. The van der Waals surface area contributed by atoms with Crippen molar-refractivity contribution < 1.29 is 23.1 Å². The van der Waals surface area contributed by atoms with E-state index in [4.69, 9.17) is 10.8 Å². The summed E-state index contributed by atoms with van der Waals surface area (Å²) < 4.78 is 36.9. The molecule has 0 aromatic rings. The number of alkyl halides is 3. The summed E-state index contributed by atoms with van der Waals surface area (Å²) in [5.74, 6) is -0.863. The van der Waals surface area contributed by atoms with Crippen LogP contribution >= 0.6 is 0 Å². The number of fused-ring (bicyclic) bond motifs is 1. The molecule has 6 heteroatoms. The zero-order valence-electron chi connectivity index (χ0n) is 9.83. The van der Waals surface area contributed by atoms with Crippen LogP contribution in [0.4, 0.5) is 13.2 Å². The van der Waals surface area contributed by atoms with E-state index < -0.39 is 24.0 Å². The third-order valence-corrected chi connectivity index (χ3v) is 4.16. The molecule has 18 heavy (non-hydrogen) atoms. The Morgan fingerprint density at radius 1 is 1.56 bits per heavy atom. The van der Waals surface area contributed by atoms with Gasteiger partial charge in [0.1, 0.15) is 0 Å². The normalized spacial score (nSPS) is 34.8. The van der Waals surface area contributed by atoms with Crippen molar-refractivity contribution in [3.8, 4) is 0 Å². The molecule has 1 saturated carbocycles.